The van der Waals surface area contributed by atoms with Gasteiger partial charge in [0.2, 0.25) is 0 Å². The third-order valence-electron chi connectivity index (χ3n) is 2.61. The number of aryl methyl sites for hydroxylation is 1. The lowest BCUT2D eigenvalue weighted by molar-refractivity contribution is 0.546. The molecule has 2 N–H and O–H groups in total. The first-order valence-corrected chi connectivity index (χ1v) is 5.28. The summed E-state index contributed by atoms with van der Waals surface area (Å²) < 4.78 is 0. The van der Waals surface area contributed by atoms with Crippen LogP contribution in [0.15, 0.2) is 24.3 Å². The highest BCUT2D eigenvalue weighted by Crippen LogP contribution is 2.09. The largest absolute Gasteiger partial charge is 0.303 e. The molecule has 0 aliphatic carbocycles. The molecule has 0 radical (unpaired) electrons. The lowest BCUT2D eigenvalue weighted by Gasteiger charge is -2.11. The Morgan fingerprint density at radius 3 is 2.88 bits per heavy atom. The topological polar surface area (TPSA) is 66.5 Å². The van der Waals surface area contributed by atoms with Gasteiger partial charge >= 0.3 is 0 Å². The third kappa shape index (κ3) is 2.43. The first-order chi connectivity index (χ1) is 7.77. The second-order valence-corrected chi connectivity index (χ2v) is 3.80. The van der Waals surface area contributed by atoms with E-state index in [1.807, 2.05) is 19.1 Å². The number of aromatic nitrogens is 4. The number of rotatable bonds is 4. The maximum Gasteiger partial charge on any atom is 0.191 e. The Hall–Kier alpha value is -1.75. The van der Waals surface area contributed by atoms with Crippen LogP contribution in [-0.4, -0.2) is 20.6 Å². The van der Waals surface area contributed by atoms with Gasteiger partial charge in [0.1, 0.15) is 0 Å². The Labute approximate surface area is 94.3 Å². The lowest BCUT2D eigenvalue weighted by atomic mass is 10.1. The summed E-state index contributed by atoms with van der Waals surface area (Å²) in [6.07, 6.45) is 0. The second kappa shape index (κ2) is 4.85. The first-order valence-electron chi connectivity index (χ1n) is 5.28. The zero-order chi connectivity index (χ0) is 11.4. The monoisotopic (exact) mass is 217 g/mol. The van der Waals surface area contributed by atoms with Crippen molar-refractivity contribution in [2.45, 2.75) is 26.4 Å². The smallest absolute Gasteiger partial charge is 0.191 e. The predicted molar refractivity (Wildman–Crippen MR) is 60.6 cm³/mol. The normalized spacial score (nSPS) is 12.6. The quantitative estimate of drug-likeness (QED) is 0.811. The number of H-pyrrole nitrogens is 1. The summed E-state index contributed by atoms with van der Waals surface area (Å²) in [6.45, 7) is 4.93. The molecule has 0 saturated heterocycles. The Balaban J connectivity index is 1.95. The van der Waals surface area contributed by atoms with Crippen LogP contribution in [-0.2, 0) is 6.54 Å². The van der Waals surface area contributed by atoms with E-state index in [2.05, 4.69) is 45.0 Å². The van der Waals surface area contributed by atoms with Crippen molar-refractivity contribution in [1.29, 1.82) is 0 Å². The molecular weight excluding hydrogens is 202 g/mol. The van der Waals surface area contributed by atoms with Gasteiger partial charge in [-0.05, 0) is 25.0 Å². The summed E-state index contributed by atoms with van der Waals surface area (Å²) in [7, 11) is 0. The van der Waals surface area contributed by atoms with Crippen LogP contribution in [0.1, 0.15) is 29.9 Å². The molecule has 0 aliphatic rings. The minimum Gasteiger partial charge on any atom is -0.303 e. The van der Waals surface area contributed by atoms with Crippen molar-refractivity contribution in [3.8, 4) is 0 Å². The van der Waals surface area contributed by atoms with Gasteiger partial charge in [-0.2, -0.15) is 5.21 Å². The maximum absolute atomic E-state index is 3.94. The number of tetrazole rings is 1. The molecule has 0 spiro atoms. The minimum atomic E-state index is 0.0957. The molecule has 5 heteroatoms. The highest BCUT2D eigenvalue weighted by molar-refractivity contribution is 5.25. The second-order valence-electron chi connectivity index (χ2n) is 3.80. The van der Waals surface area contributed by atoms with E-state index in [1.54, 1.807) is 0 Å². The van der Waals surface area contributed by atoms with Crippen molar-refractivity contribution in [3.05, 3.63) is 41.2 Å². The van der Waals surface area contributed by atoms with Crippen molar-refractivity contribution in [3.63, 3.8) is 0 Å². The molecule has 2 rings (SSSR count). The van der Waals surface area contributed by atoms with E-state index in [-0.39, 0.29) is 6.04 Å². The number of hydrogen-bond acceptors (Lipinski definition) is 4. The standard InChI is InChI=1S/C11H15N5/c1-8-5-3-4-6-10(8)7-12-9(2)11-13-15-16-14-11/h3-6,9,12H,7H2,1-2H3,(H,13,14,15,16). The summed E-state index contributed by atoms with van der Waals surface area (Å²) in [6, 6.07) is 8.41. The fourth-order valence-corrected chi connectivity index (χ4v) is 1.52. The van der Waals surface area contributed by atoms with Gasteiger partial charge in [0.25, 0.3) is 0 Å². The van der Waals surface area contributed by atoms with Gasteiger partial charge in [-0.3, -0.25) is 0 Å². The van der Waals surface area contributed by atoms with Crippen LogP contribution in [0.5, 0.6) is 0 Å². The van der Waals surface area contributed by atoms with Crippen LogP contribution in [0.3, 0.4) is 0 Å². The number of nitrogens with zero attached hydrogens (tertiary/aromatic N) is 3. The van der Waals surface area contributed by atoms with Gasteiger partial charge in [-0.1, -0.05) is 29.5 Å². The van der Waals surface area contributed by atoms with Crippen LogP contribution >= 0.6 is 0 Å². The summed E-state index contributed by atoms with van der Waals surface area (Å²) in [5.74, 6) is 0.689. The molecule has 16 heavy (non-hydrogen) atoms. The maximum atomic E-state index is 3.94. The Morgan fingerprint density at radius 2 is 2.19 bits per heavy atom. The van der Waals surface area contributed by atoms with Gasteiger partial charge in [0.05, 0.1) is 6.04 Å². The molecule has 1 aromatic heterocycles. The number of nitrogens with one attached hydrogen (secondary N) is 2. The minimum absolute atomic E-state index is 0.0957. The van der Waals surface area contributed by atoms with Gasteiger partial charge < -0.3 is 5.32 Å². The SMILES string of the molecule is Cc1ccccc1CNC(C)c1nn[nH]n1. The molecule has 1 unspecified atom stereocenters. The molecule has 1 atom stereocenters. The van der Waals surface area contributed by atoms with E-state index in [9.17, 15) is 0 Å². The van der Waals surface area contributed by atoms with E-state index < -0.39 is 0 Å². The number of hydrogen-bond donors (Lipinski definition) is 2. The van der Waals surface area contributed by atoms with Crippen LogP contribution in [0.25, 0.3) is 0 Å². The Kier molecular flexibility index (Phi) is 3.26. The molecule has 0 saturated carbocycles. The molecule has 0 amide bonds. The van der Waals surface area contributed by atoms with E-state index in [1.165, 1.54) is 11.1 Å². The molecule has 0 aliphatic heterocycles. The highest BCUT2D eigenvalue weighted by Gasteiger charge is 2.09. The summed E-state index contributed by atoms with van der Waals surface area (Å²) >= 11 is 0. The van der Waals surface area contributed by atoms with Gasteiger partial charge in [0, 0.05) is 6.54 Å². The summed E-state index contributed by atoms with van der Waals surface area (Å²) in [5, 5.41) is 17.2. The molecule has 1 heterocycles. The predicted octanol–water partition coefficient (Wildman–Crippen LogP) is 1.36. The first kappa shape index (κ1) is 10.8. The molecule has 1 aromatic carbocycles. The number of aromatic amines is 1. The van der Waals surface area contributed by atoms with Gasteiger partial charge in [0.15, 0.2) is 5.82 Å². The molecule has 2 aromatic rings. The Morgan fingerprint density at radius 1 is 1.38 bits per heavy atom. The van der Waals surface area contributed by atoms with Crippen molar-refractivity contribution in [2.24, 2.45) is 0 Å². The van der Waals surface area contributed by atoms with E-state index in [0.717, 1.165) is 6.54 Å². The molecule has 0 bridgehead atoms. The Bertz CT molecular complexity index is 437. The van der Waals surface area contributed by atoms with Crippen LogP contribution < -0.4 is 5.32 Å². The van der Waals surface area contributed by atoms with Crippen molar-refractivity contribution < 1.29 is 0 Å². The fourth-order valence-electron chi connectivity index (χ4n) is 1.52. The highest BCUT2D eigenvalue weighted by atomic mass is 15.5. The zero-order valence-corrected chi connectivity index (χ0v) is 9.44. The van der Waals surface area contributed by atoms with E-state index in [0.29, 0.717) is 5.82 Å². The van der Waals surface area contributed by atoms with Crippen LogP contribution in [0, 0.1) is 6.92 Å². The average Bonchev–Trinajstić information content (AvgIpc) is 2.81. The van der Waals surface area contributed by atoms with E-state index >= 15 is 0 Å². The molecule has 5 nitrogen and oxygen atoms in total. The van der Waals surface area contributed by atoms with Crippen molar-refractivity contribution in [2.75, 3.05) is 0 Å². The van der Waals surface area contributed by atoms with Crippen molar-refractivity contribution in [1.82, 2.24) is 25.9 Å². The summed E-state index contributed by atoms with van der Waals surface area (Å²) in [4.78, 5) is 0. The van der Waals surface area contributed by atoms with Gasteiger partial charge in [-0.15, -0.1) is 10.2 Å². The molecular formula is C11H15N5. The lowest BCUT2D eigenvalue weighted by Crippen LogP contribution is -2.19. The van der Waals surface area contributed by atoms with Gasteiger partial charge in [-0.25, -0.2) is 0 Å². The molecule has 84 valence electrons. The van der Waals surface area contributed by atoms with Crippen LogP contribution in [0.2, 0.25) is 0 Å². The zero-order valence-electron chi connectivity index (χ0n) is 9.44. The molecule has 0 fully saturated rings. The average molecular weight is 217 g/mol. The number of benzene rings is 1. The van der Waals surface area contributed by atoms with Crippen molar-refractivity contribution >= 4 is 0 Å². The van der Waals surface area contributed by atoms with Crippen LogP contribution in [0.4, 0.5) is 0 Å². The third-order valence-corrected chi connectivity index (χ3v) is 2.61. The van der Waals surface area contributed by atoms with E-state index in [4.69, 9.17) is 0 Å². The summed E-state index contributed by atoms with van der Waals surface area (Å²) in [5.41, 5.74) is 2.58. The fraction of sp³-hybridized carbons (Fsp3) is 0.364.